The van der Waals surface area contributed by atoms with Crippen molar-refractivity contribution in [2.45, 2.75) is 24.3 Å². The van der Waals surface area contributed by atoms with Crippen molar-refractivity contribution in [2.24, 2.45) is 0 Å². The number of benzene rings is 1. The number of aryl methyl sites for hydroxylation is 1. The molecule has 1 atom stereocenters. The summed E-state index contributed by atoms with van der Waals surface area (Å²) in [7, 11) is -0.133. The molecule has 1 aliphatic heterocycles. The van der Waals surface area contributed by atoms with Gasteiger partial charge in [-0.05, 0) is 38.1 Å². The van der Waals surface area contributed by atoms with Crippen LogP contribution in [0.3, 0.4) is 0 Å². The molecule has 1 saturated heterocycles. The molecule has 0 amide bonds. The third-order valence-electron chi connectivity index (χ3n) is 3.50. The highest BCUT2D eigenvalue weighted by molar-refractivity contribution is 7.89. The van der Waals surface area contributed by atoms with Crippen LogP contribution >= 0.6 is 0 Å². The zero-order valence-electron chi connectivity index (χ0n) is 11.5. The first-order valence-corrected chi connectivity index (χ1v) is 7.75. The minimum atomic E-state index is -3.48. The molecule has 0 spiro atoms. The summed E-state index contributed by atoms with van der Waals surface area (Å²) < 4.78 is 32.0. The van der Waals surface area contributed by atoms with Gasteiger partial charge in [0.25, 0.3) is 0 Å². The van der Waals surface area contributed by atoms with Crippen molar-refractivity contribution in [1.29, 1.82) is 0 Å². The van der Waals surface area contributed by atoms with Gasteiger partial charge in [0, 0.05) is 19.1 Å². The lowest BCUT2D eigenvalue weighted by atomic mass is 10.2. The Balaban J connectivity index is 2.37. The van der Waals surface area contributed by atoms with Gasteiger partial charge in [0.05, 0.1) is 7.11 Å². The van der Waals surface area contributed by atoms with Crippen molar-refractivity contribution in [1.82, 2.24) is 9.62 Å². The van der Waals surface area contributed by atoms with Gasteiger partial charge in [0.1, 0.15) is 10.6 Å². The molecular weight excluding hydrogens is 264 g/mol. The molecule has 1 aromatic carbocycles. The molecule has 1 unspecified atom stereocenters. The topological polar surface area (TPSA) is 58.6 Å². The van der Waals surface area contributed by atoms with Gasteiger partial charge in [-0.25, -0.2) is 8.42 Å². The Kier molecular flexibility index (Phi) is 4.13. The zero-order chi connectivity index (χ0) is 14.0. The molecule has 6 heteroatoms. The summed E-state index contributed by atoms with van der Waals surface area (Å²) in [5.41, 5.74) is 0.906. The Hall–Kier alpha value is -1.11. The lowest BCUT2D eigenvalue weighted by molar-refractivity contribution is 0.397. The average molecular weight is 284 g/mol. The molecule has 106 valence electrons. The maximum absolute atomic E-state index is 12.6. The summed E-state index contributed by atoms with van der Waals surface area (Å²) in [6.45, 7) is 2.93. The minimum absolute atomic E-state index is 0.227. The van der Waals surface area contributed by atoms with Gasteiger partial charge in [0.2, 0.25) is 10.0 Å². The molecular formula is C13H20N2O3S. The van der Waals surface area contributed by atoms with Gasteiger partial charge in [-0.3, -0.25) is 0 Å². The summed E-state index contributed by atoms with van der Waals surface area (Å²) in [6.07, 6.45) is 0.837. The van der Waals surface area contributed by atoms with Crippen molar-refractivity contribution in [3.05, 3.63) is 23.8 Å². The standard InChI is InChI=1S/C13H20N2O3S/c1-10-4-5-12(18-3)13(8-10)19(16,17)15-7-6-11(9-15)14-2/h4-5,8,11,14H,6-7,9H2,1-3H3. The predicted molar refractivity (Wildman–Crippen MR) is 74.0 cm³/mol. The van der Waals surface area contributed by atoms with Crippen molar-refractivity contribution >= 4 is 10.0 Å². The quantitative estimate of drug-likeness (QED) is 0.895. The second-order valence-electron chi connectivity index (χ2n) is 4.79. The highest BCUT2D eigenvalue weighted by Crippen LogP contribution is 2.29. The largest absolute Gasteiger partial charge is 0.495 e. The van der Waals surface area contributed by atoms with E-state index in [-0.39, 0.29) is 10.9 Å². The molecule has 0 bridgehead atoms. The number of ether oxygens (including phenoxy) is 1. The lowest BCUT2D eigenvalue weighted by Crippen LogP contribution is -2.33. The normalized spacial score (nSPS) is 20.7. The van der Waals surface area contributed by atoms with Crippen LogP contribution < -0.4 is 10.1 Å². The van der Waals surface area contributed by atoms with E-state index in [2.05, 4.69) is 5.32 Å². The molecule has 1 aromatic rings. The van der Waals surface area contributed by atoms with E-state index in [1.54, 1.807) is 12.1 Å². The van der Waals surface area contributed by atoms with Crippen LogP contribution in [0.15, 0.2) is 23.1 Å². The lowest BCUT2D eigenvalue weighted by Gasteiger charge is -2.18. The van der Waals surface area contributed by atoms with Crippen LogP contribution in [-0.2, 0) is 10.0 Å². The Morgan fingerprint density at radius 3 is 2.74 bits per heavy atom. The Morgan fingerprint density at radius 1 is 1.42 bits per heavy atom. The average Bonchev–Trinajstić information content (AvgIpc) is 2.88. The predicted octanol–water partition coefficient (Wildman–Crippen LogP) is 0.986. The fourth-order valence-corrected chi connectivity index (χ4v) is 4.05. The second-order valence-corrected chi connectivity index (χ2v) is 6.70. The van der Waals surface area contributed by atoms with Crippen LogP contribution in [0.4, 0.5) is 0 Å². The molecule has 1 aliphatic rings. The van der Waals surface area contributed by atoms with Crippen LogP contribution in [0.2, 0.25) is 0 Å². The summed E-state index contributed by atoms with van der Waals surface area (Å²) in [5, 5.41) is 3.12. The van der Waals surface area contributed by atoms with Crippen LogP contribution in [0, 0.1) is 6.92 Å². The molecule has 0 saturated carbocycles. The first-order chi connectivity index (χ1) is 8.98. The van der Waals surface area contributed by atoms with Gasteiger partial charge >= 0.3 is 0 Å². The number of nitrogens with one attached hydrogen (secondary N) is 1. The number of hydrogen-bond acceptors (Lipinski definition) is 4. The Labute approximate surface area is 114 Å². The molecule has 2 rings (SSSR count). The molecule has 1 heterocycles. The van der Waals surface area contributed by atoms with E-state index < -0.39 is 10.0 Å². The first kappa shape index (κ1) is 14.3. The van der Waals surface area contributed by atoms with Gasteiger partial charge in [-0.1, -0.05) is 6.07 Å². The van der Waals surface area contributed by atoms with E-state index in [0.29, 0.717) is 18.8 Å². The van der Waals surface area contributed by atoms with Crippen LogP contribution in [0.5, 0.6) is 5.75 Å². The number of likely N-dealkylation sites (N-methyl/N-ethyl adjacent to an activating group) is 1. The van der Waals surface area contributed by atoms with Gasteiger partial charge < -0.3 is 10.1 Å². The molecule has 0 radical (unpaired) electrons. The van der Waals surface area contributed by atoms with E-state index in [9.17, 15) is 8.42 Å². The van der Waals surface area contributed by atoms with Crippen LogP contribution in [0.1, 0.15) is 12.0 Å². The minimum Gasteiger partial charge on any atom is -0.495 e. The van der Waals surface area contributed by atoms with Gasteiger partial charge in [-0.2, -0.15) is 4.31 Å². The maximum Gasteiger partial charge on any atom is 0.246 e. The van der Waals surface area contributed by atoms with Gasteiger partial charge in [-0.15, -0.1) is 0 Å². The Morgan fingerprint density at radius 2 is 2.16 bits per heavy atom. The van der Waals surface area contributed by atoms with E-state index >= 15 is 0 Å². The maximum atomic E-state index is 12.6. The fraction of sp³-hybridized carbons (Fsp3) is 0.538. The van der Waals surface area contributed by atoms with Gasteiger partial charge in [0.15, 0.2) is 0 Å². The number of nitrogens with zero attached hydrogens (tertiary/aromatic N) is 1. The highest BCUT2D eigenvalue weighted by atomic mass is 32.2. The van der Waals surface area contributed by atoms with Crippen molar-refractivity contribution < 1.29 is 13.2 Å². The molecule has 0 aromatic heterocycles. The fourth-order valence-electron chi connectivity index (χ4n) is 2.31. The third-order valence-corrected chi connectivity index (χ3v) is 5.38. The monoisotopic (exact) mass is 284 g/mol. The molecule has 1 N–H and O–H groups in total. The van der Waals surface area contributed by atoms with E-state index in [0.717, 1.165) is 12.0 Å². The molecule has 1 fully saturated rings. The number of hydrogen-bond donors (Lipinski definition) is 1. The SMILES string of the molecule is CNC1CCN(S(=O)(=O)c2cc(C)ccc2OC)C1. The van der Waals surface area contributed by atoms with Crippen molar-refractivity contribution in [3.8, 4) is 5.75 Å². The van der Waals surface area contributed by atoms with E-state index in [1.165, 1.54) is 11.4 Å². The Bertz CT molecular complexity index is 557. The summed E-state index contributed by atoms with van der Waals surface area (Å²) in [5.74, 6) is 0.401. The molecule has 5 nitrogen and oxygen atoms in total. The van der Waals surface area contributed by atoms with Crippen LogP contribution in [-0.4, -0.2) is 46.0 Å². The summed E-state index contributed by atoms with van der Waals surface area (Å²) in [4.78, 5) is 0.256. The zero-order valence-corrected chi connectivity index (χ0v) is 12.3. The number of methoxy groups -OCH3 is 1. The number of sulfonamides is 1. The molecule has 19 heavy (non-hydrogen) atoms. The van der Waals surface area contributed by atoms with Crippen molar-refractivity contribution in [3.63, 3.8) is 0 Å². The molecule has 0 aliphatic carbocycles. The summed E-state index contributed by atoms with van der Waals surface area (Å²) in [6, 6.07) is 5.44. The van der Waals surface area contributed by atoms with E-state index in [1.807, 2.05) is 20.0 Å². The smallest absolute Gasteiger partial charge is 0.246 e. The third kappa shape index (κ3) is 2.75. The first-order valence-electron chi connectivity index (χ1n) is 6.31. The second kappa shape index (κ2) is 5.48. The van der Waals surface area contributed by atoms with E-state index in [4.69, 9.17) is 4.74 Å². The highest BCUT2D eigenvalue weighted by Gasteiger charge is 2.33. The van der Waals surface area contributed by atoms with Crippen molar-refractivity contribution in [2.75, 3.05) is 27.2 Å². The van der Waals surface area contributed by atoms with Crippen LogP contribution in [0.25, 0.3) is 0 Å². The summed E-state index contributed by atoms with van der Waals surface area (Å²) >= 11 is 0. The number of rotatable bonds is 4.